The Morgan fingerprint density at radius 1 is 1.14 bits per heavy atom. The Hall–Kier alpha value is -0.860. The summed E-state index contributed by atoms with van der Waals surface area (Å²) in [4.78, 5) is 2.52. The summed E-state index contributed by atoms with van der Waals surface area (Å²) in [5.41, 5.74) is 9.63. The molecular weight excluding hydrogens is 256 g/mol. The van der Waals surface area contributed by atoms with Crippen LogP contribution in [0.1, 0.15) is 57.1 Å². The average Bonchev–Trinajstić information content (AvgIpc) is 2.58. The third kappa shape index (κ3) is 4.08. The summed E-state index contributed by atoms with van der Waals surface area (Å²) in [6.45, 7) is 8.74. The van der Waals surface area contributed by atoms with Gasteiger partial charge < -0.3 is 5.73 Å². The van der Waals surface area contributed by atoms with Gasteiger partial charge in [-0.15, -0.1) is 0 Å². The van der Waals surface area contributed by atoms with Crippen molar-refractivity contribution in [2.75, 3.05) is 13.6 Å². The van der Waals surface area contributed by atoms with E-state index in [1.54, 1.807) is 0 Å². The van der Waals surface area contributed by atoms with E-state index in [1.165, 1.54) is 43.2 Å². The van der Waals surface area contributed by atoms with Crippen molar-refractivity contribution in [2.24, 2.45) is 11.1 Å². The number of rotatable bonds is 4. The van der Waals surface area contributed by atoms with Crippen LogP contribution in [-0.4, -0.2) is 24.0 Å². The Labute approximate surface area is 130 Å². The molecule has 1 aliphatic carbocycles. The van der Waals surface area contributed by atoms with E-state index in [0.29, 0.717) is 5.41 Å². The lowest BCUT2D eigenvalue weighted by molar-refractivity contribution is 0.0961. The van der Waals surface area contributed by atoms with E-state index < -0.39 is 0 Å². The number of hydrogen-bond acceptors (Lipinski definition) is 2. The predicted octanol–water partition coefficient (Wildman–Crippen LogP) is 4.11. The molecule has 1 fully saturated rings. The first-order chi connectivity index (χ1) is 9.87. The molecule has 1 aromatic carbocycles. The van der Waals surface area contributed by atoms with Crippen molar-refractivity contribution in [1.29, 1.82) is 0 Å². The second-order valence-electron chi connectivity index (χ2n) is 7.79. The smallest absolute Gasteiger partial charge is 0.0332 e. The second kappa shape index (κ2) is 6.50. The number of aryl methyl sites for hydroxylation is 1. The third-order valence-corrected chi connectivity index (χ3v) is 5.45. The molecule has 0 amide bonds. The summed E-state index contributed by atoms with van der Waals surface area (Å²) < 4.78 is 0. The predicted molar refractivity (Wildman–Crippen MR) is 91.3 cm³/mol. The van der Waals surface area contributed by atoms with Crippen LogP contribution in [0.3, 0.4) is 0 Å². The van der Waals surface area contributed by atoms with Crippen LogP contribution < -0.4 is 5.73 Å². The number of benzene rings is 1. The molecule has 2 rings (SSSR count). The zero-order valence-electron chi connectivity index (χ0n) is 14.3. The van der Waals surface area contributed by atoms with E-state index in [4.69, 9.17) is 5.73 Å². The van der Waals surface area contributed by atoms with Crippen molar-refractivity contribution in [3.05, 3.63) is 35.4 Å². The Morgan fingerprint density at radius 3 is 2.57 bits per heavy atom. The van der Waals surface area contributed by atoms with Gasteiger partial charge in [0.15, 0.2) is 0 Å². The normalized spacial score (nSPS) is 25.8. The van der Waals surface area contributed by atoms with Crippen LogP contribution in [0.2, 0.25) is 0 Å². The second-order valence-corrected chi connectivity index (χ2v) is 7.79. The first kappa shape index (κ1) is 16.5. The van der Waals surface area contributed by atoms with E-state index in [2.05, 4.69) is 57.0 Å². The maximum Gasteiger partial charge on any atom is 0.0332 e. The van der Waals surface area contributed by atoms with Gasteiger partial charge in [0.1, 0.15) is 0 Å². The monoisotopic (exact) mass is 288 g/mol. The van der Waals surface area contributed by atoms with E-state index in [9.17, 15) is 0 Å². The molecule has 0 aromatic heterocycles. The minimum atomic E-state index is 0.178. The lowest BCUT2D eigenvalue weighted by Crippen LogP contribution is -2.51. The van der Waals surface area contributed by atoms with Crippen LogP contribution in [0.4, 0.5) is 0 Å². The fourth-order valence-electron chi connectivity index (χ4n) is 3.71. The van der Waals surface area contributed by atoms with Gasteiger partial charge in [-0.25, -0.2) is 0 Å². The molecule has 2 heteroatoms. The molecule has 0 radical (unpaired) electrons. The fraction of sp³-hybridized carbons (Fsp3) is 0.684. The van der Waals surface area contributed by atoms with E-state index in [-0.39, 0.29) is 5.54 Å². The van der Waals surface area contributed by atoms with Crippen LogP contribution in [0.15, 0.2) is 24.3 Å². The van der Waals surface area contributed by atoms with Gasteiger partial charge in [0.05, 0.1) is 0 Å². The Bertz CT molecular complexity index is 466. The van der Waals surface area contributed by atoms with Crippen LogP contribution in [0, 0.1) is 12.3 Å². The molecule has 1 atom stereocenters. The fourth-order valence-corrected chi connectivity index (χ4v) is 3.71. The van der Waals surface area contributed by atoms with E-state index >= 15 is 0 Å². The summed E-state index contributed by atoms with van der Waals surface area (Å²) in [6.07, 6.45) is 6.35. The molecule has 1 saturated carbocycles. The van der Waals surface area contributed by atoms with Gasteiger partial charge in [-0.3, -0.25) is 4.90 Å². The van der Waals surface area contributed by atoms with Crippen LogP contribution >= 0.6 is 0 Å². The van der Waals surface area contributed by atoms with Gasteiger partial charge >= 0.3 is 0 Å². The van der Waals surface area contributed by atoms with Gasteiger partial charge in [-0.2, -0.15) is 0 Å². The minimum Gasteiger partial charge on any atom is -0.329 e. The van der Waals surface area contributed by atoms with Gasteiger partial charge in [-0.05, 0) is 50.6 Å². The molecule has 0 heterocycles. The summed E-state index contributed by atoms with van der Waals surface area (Å²) in [7, 11) is 2.26. The van der Waals surface area contributed by atoms with Crippen LogP contribution in [-0.2, 0) is 6.54 Å². The SMILES string of the molecule is Cc1cccc(CN(C)C2(CN)CCCC(C)(C)CC2)c1. The molecule has 0 saturated heterocycles. The number of hydrogen-bond donors (Lipinski definition) is 1. The topological polar surface area (TPSA) is 29.3 Å². The number of likely N-dealkylation sites (N-methyl/N-ethyl adjacent to an activating group) is 1. The van der Waals surface area contributed by atoms with Gasteiger partial charge in [0.2, 0.25) is 0 Å². The summed E-state index contributed by atoms with van der Waals surface area (Å²) in [6, 6.07) is 8.84. The molecule has 0 bridgehead atoms. The largest absolute Gasteiger partial charge is 0.329 e. The maximum atomic E-state index is 6.24. The van der Waals surface area contributed by atoms with Crippen molar-refractivity contribution in [1.82, 2.24) is 4.90 Å². The van der Waals surface area contributed by atoms with Crippen molar-refractivity contribution in [3.8, 4) is 0 Å². The molecule has 1 aliphatic rings. The highest BCUT2D eigenvalue weighted by Gasteiger charge is 2.37. The standard InChI is InChI=1S/C19H32N2/c1-16-7-5-8-17(13-16)14-21(4)19(15-20)10-6-9-18(2,3)11-12-19/h5,7-8,13H,6,9-12,14-15,20H2,1-4H3. The molecule has 118 valence electrons. The Kier molecular flexibility index (Phi) is 5.11. The molecule has 1 unspecified atom stereocenters. The maximum absolute atomic E-state index is 6.24. The molecule has 0 aliphatic heterocycles. The summed E-state index contributed by atoms with van der Waals surface area (Å²) in [5.74, 6) is 0. The first-order valence-electron chi connectivity index (χ1n) is 8.34. The zero-order chi connectivity index (χ0) is 15.5. The lowest BCUT2D eigenvalue weighted by Gasteiger charge is -2.41. The molecule has 0 spiro atoms. The summed E-state index contributed by atoms with van der Waals surface area (Å²) in [5, 5.41) is 0. The first-order valence-corrected chi connectivity index (χ1v) is 8.34. The van der Waals surface area contributed by atoms with Crippen molar-refractivity contribution < 1.29 is 0 Å². The van der Waals surface area contributed by atoms with Crippen molar-refractivity contribution >= 4 is 0 Å². The van der Waals surface area contributed by atoms with Crippen molar-refractivity contribution in [2.45, 2.75) is 65.0 Å². The lowest BCUT2D eigenvalue weighted by atomic mass is 9.83. The molecule has 1 aromatic rings. The molecule has 2 nitrogen and oxygen atoms in total. The van der Waals surface area contributed by atoms with Gasteiger partial charge in [-0.1, -0.05) is 50.1 Å². The van der Waals surface area contributed by atoms with Gasteiger partial charge in [0.25, 0.3) is 0 Å². The average molecular weight is 288 g/mol. The third-order valence-electron chi connectivity index (χ3n) is 5.45. The van der Waals surface area contributed by atoms with Crippen LogP contribution in [0.25, 0.3) is 0 Å². The zero-order valence-corrected chi connectivity index (χ0v) is 14.3. The Balaban J connectivity index is 2.12. The van der Waals surface area contributed by atoms with Gasteiger partial charge in [0, 0.05) is 18.6 Å². The molecule has 2 N–H and O–H groups in total. The quantitative estimate of drug-likeness (QED) is 0.845. The van der Waals surface area contributed by atoms with E-state index in [0.717, 1.165) is 13.1 Å². The highest BCUT2D eigenvalue weighted by atomic mass is 15.2. The Morgan fingerprint density at radius 2 is 1.90 bits per heavy atom. The number of nitrogens with two attached hydrogens (primary N) is 1. The minimum absolute atomic E-state index is 0.178. The van der Waals surface area contributed by atoms with E-state index in [1.807, 2.05) is 0 Å². The van der Waals surface area contributed by atoms with Crippen molar-refractivity contribution in [3.63, 3.8) is 0 Å². The van der Waals surface area contributed by atoms with Crippen LogP contribution in [0.5, 0.6) is 0 Å². The summed E-state index contributed by atoms with van der Waals surface area (Å²) >= 11 is 0. The highest BCUT2D eigenvalue weighted by Crippen LogP contribution is 2.40. The number of nitrogens with zero attached hydrogens (tertiary/aromatic N) is 1. The molecule has 21 heavy (non-hydrogen) atoms. The molecular formula is C19H32N2. The highest BCUT2D eigenvalue weighted by molar-refractivity contribution is 5.22.